The van der Waals surface area contributed by atoms with Crippen LogP contribution in [-0.2, 0) is 0 Å². The highest BCUT2D eigenvalue weighted by Crippen LogP contribution is 2.28. The Kier molecular flexibility index (Phi) is 2.65. The first-order chi connectivity index (χ1) is 10.2. The summed E-state index contributed by atoms with van der Waals surface area (Å²) >= 11 is 2.90. The third-order valence-electron chi connectivity index (χ3n) is 2.84. The summed E-state index contributed by atoms with van der Waals surface area (Å²) in [6, 6.07) is 1.99. The fourth-order valence-electron chi connectivity index (χ4n) is 1.92. The van der Waals surface area contributed by atoms with Crippen LogP contribution in [0.5, 0.6) is 6.01 Å². The van der Waals surface area contributed by atoms with Crippen molar-refractivity contribution in [1.29, 1.82) is 0 Å². The zero-order valence-corrected chi connectivity index (χ0v) is 12.3. The predicted octanol–water partition coefficient (Wildman–Crippen LogP) is 1.99. The normalized spacial score (nSPS) is 11.3. The number of carbonyl (C=O) groups excluding carboxylic acids is 1. The number of aromatic nitrogens is 5. The number of methoxy groups -OCH3 is 1. The Hall–Kier alpha value is -2.46. The van der Waals surface area contributed by atoms with E-state index in [1.807, 2.05) is 22.0 Å². The molecule has 0 aliphatic rings. The van der Waals surface area contributed by atoms with Crippen molar-refractivity contribution in [2.24, 2.45) is 0 Å². The summed E-state index contributed by atoms with van der Waals surface area (Å²) < 4.78 is 6.81. The van der Waals surface area contributed by atoms with E-state index >= 15 is 0 Å². The molecule has 4 rings (SSSR count). The summed E-state index contributed by atoms with van der Waals surface area (Å²) in [7, 11) is 1.45. The lowest BCUT2D eigenvalue weighted by Gasteiger charge is -1.96. The fraction of sp³-hybridized carbons (Fsp3) is 0.0909. The van der Waals surface area contributed by atoms with Crippen LogP contribution in [0.25, 0.3) is 15.3 Å². The number of anilines is 1. The second-order valence-corrected chi connectivity index (χ2v) is 6.00. The molecule has 0 radical (unpaired) electrons. The molecule has 0 aromatic carbocycles. The van der Waals surface area contributed by atoms with E-state index in [2.05, 4.69) is 25.5 Å². The Morgan fingerprint density at radius 1 is 1.48 bits per heavy atom. The number of thiazole rings is 1. The van der Waals surface area contributed by atoms with Crippen molar-refractivity contribution in [3.63, 3.8) is 0 Å². The van der Waals surface area contributed by atoms with Crippen LogP contribution in [0.1, 0.15) is 9.67 Å². The lowest BCUT2D eigenvalue weighted by molar-refractivity contribution is 0.102. The number of thiophene rings is 1. The molecule has 0 spiro atoms. The van der Waals surface area contributed by atoms with Gasteiger partial charge in [0.2, 0.25) is 5.95 Å². The number of aromatic amines is 1. The van der Waals surface area contributed by atoms with E-state index in [-0.39, 0.29) is 17.9 Å². The van der Waals surface area contributed by atoms with Crippen LogP contribution in [0.4, 0.5) is 5.95 Å². The third-order valence-corrected chi connectivity index (χ3v) is 4.62. The first-order valence-electron chi connectivity index (χ1n) is 5.87. The van der Waals surface area contributed by atoms with Gasteiger partial charge in [-0.25, -0.2) is 10.1 Å². The van der Waals surface area contributed by atoms with E-state index in [0.29, 0.717) is 4.88 Å². The van der Waals surface area contributed by atoms with Crippen molar-refractivity contribution in [2.45, 2.75) is 0 Å². The molecule has 1 amide bonds. The largest absolute Gasteiger partial charge is 0.466 e. The molecule has 0 aliphatic carbocycles. The van der Waals surface area contributed by atoms with Crippen LogP contribution < -0.4 is 10.1 Å². The smallest absolute Gasteiger partial charge is 0.336 e. The summed E-state index contributed by atoms with van der Waals surface area (Å²) in [4.78, 5) is 22.9. The first kappa shape index (κ1) is 12.3. The average Bonchev–Trinajstić information content (AvgIpc) is 3.18. The van der Waals surface area contributed by atoms with Crippen LogP contribution in [-0.4, -0.2) is 37.6 Å². The Balaban J connectivity index is 1.65. The van der Waals surface area contributed by atoms with Crippen molar-refractivity contribution < 1.29 is 9.53 Å². The quantitative estimate of drug-likeness (QED) is 0.601. The number of hydrogen-bond acceptors (Lipinski definition) is 7. The molecule has 0 aliphatic heterocycles. The van der Waals surface area contributed by atoms with Crippen molar-refractivity contribution in [1.82, 2.24) is 24.6 Å². The van der Waals surface area contributed by atoms with Crippen LogP contribution >= 0.6 is 22.7 Å². The molecule has 10 heteroatoms. The van der Waals surface area contributed by atoms with Crippen LogP contribution in [0.2, 0.25) is 0 Å². The van der Waals surface area contributed by atoms with E-state index < -0.39 is 0 Å². The third kappa shape index (κ3) is 1.96. The van der Waals surface area contributed by atoms with Gasteiger partial charge in [-0.05, 0) is 6.07 Å². The molecule has 4 aromatic rings. The molecular weight excluding hydrogens is 312 g/mol. The summed E-state index contributed by atoms with van der Waals surface area (Å²) in [6.45, 7) is 0. The average molecular weight is 320 g/mol. The number of fused-ring (bicyclic) bond motifs is 3. The molecule has 4 heterocycles. The van der Waals surface area contributed by atoms with E-state index in [1.165, 1.54) is 18.4 Å². The highest BCUT2D eigenvalue weighted by molar-refractivity contribution is 7.21. The topological polar surface area (TPSA) is 97.2 Å². The number of amides is 1. The number of hydrogen-bond donors (Lipinski definition) is 2. The molecule has 21 heavy (non-hydrogen) atoms. The van der Waals surface area contributed by atoms with Gasteiger partial charge in [-0.15, -0.1) is 27.8 Å². The molecule has 0 saturated carbocycles. The standard InChI is InChI=1S/C11H8N6O2S2/c1-19-10-14-9(15-16-10)12-7(18)6-4-5-8(21-6)13-11-17(5)2-3-20-11/h2-4H,1H3,(H2,12,14,15,16,18). The summed E-state index contributed by atoms with van der Waals surface area (Å²) in [5.41, 5.74) is 0.927. The predicted molar refractivity (Wildman–Crippen MR) is 79.3 cm³/mol. The van der Waals surface area contributed by atoms with Crippen molar-refractivity contribution in [3.05, 3.63) is 22.5 Å². The van der Waals surface area contributed by atoms with Crippen molar-refractivity contribution in [2.75, 3.05) is 12.4 Å². The van der Waals surface area contributed by atoms with Gasteiger partial charge in [-0.1, -0.05) is 0 Å². The Labute approximate surface area is 125 Å². The van der Waals surface area contributed by atoms with Crippen LogP contribution in [0, 0.1) is 0 Å². The van der Waals surface area contributed by atoms with E-state index in [0.717, 1.165) is 15.3 Å². The Morgan fingerprint density at radius 2 is 2.38 bits per heavy atom. The number of rotatable bonds is 3. The number of imidazole rings is 1. The molecule has 4 aromatic heterocycles. The van der Waals surface area contributed by atoms with Crippen molar-refractivity contribution in [3.8, 4) is 6.01 Å². The zero-order chi connectivity index (χ0) is 14.4. The number of nitrogens with one attached hydrogen (secondary N) is 2. The van der Waals surface area contributed by atoms with Gasteiger partial charge >= 0.3 is 6.01 Å². The highest BCUT2D eigenvalue weighted by Gasteiger charge is 2.16. The minimum absolute atomic E-state index is 0.174. The zero-order valence-electron chi connectivity index (χ0n) is 10.7. The SMILES string of the molecule is COc1n[nH]c(NC(=O)c2cc3c(nc4sccn43)s2)n1. The van der Waals surface area contributed by atoms with Gasteiger partial charge in [0.05, 0.1) is 17.5 Å². The molecular formula is C11H8N6O2S2. The molecule has 8 nitrogen and oxygen atoms in total. The number of ether oxygens (including phenoxy) is 1. The Bertz CT molecular complexity index is 948. The molecule has 2 N–H and O–H groups in total. The second-order valence-electron chi connectivity index (χ2n) is 4.09. The lowest BCUT2D eigenvalue weighted by atomic mass is 10.4. The highest BCUT2D eigenvalue weighted by atomic mass is 32.1. The van der Waals surface area contributed by atoms with Gasteiger partial charge in [-0.3, -0.25) is 14.5 Å². The first-order valence-corrected chi connectivity index (χ1v) is 7.57. The van der Waals surface area contributed by atoms with Crippen LogP contribution in [0.3, 0.4) is 0 Å². The van der Waals surface area contributed by atoms with Gasteiger partial charge in [0.25, 0.3) is 5.91 Å². The summed E-state index contributed by atoms with van der Waals surface area (Å²) in [5, 5.41) is 10.9. The van der Waals surface area contributed by atoms with Crippen molar-refractivity contribution >= 4 is 49.8 Å². The van der Waals surface area contributed by atoms with Gasteiger partial charge in [-0.2, -0.15) is 4.98 Å². The molecule has 0 fully saturated rings. The monoisotopic (exact) mass is 320 g/mol. The second kappa shape index (κ2) is 4.53. The van der Waals surface area contributed by atoms with E-state index in [4.69, 9.17) is 4.74 Å². The van der Waals surface area contributed by atoms with Gasteiger partial charge in [0.1, 0.15) is 4.83 Å². The fourth-order valence-corrected chi connectivity index (χ4v) is 3.62. The van der Waals surface area contributed by atoms with E-state index in [1.54, 1.807) is 11.3 Å². The van der Waals surface area contributed by atoms with Crippen LogP contribution in [0.15, 0.2) is 17.6 Å². The lowest BCUT2D eigenvalue weighted by Crippen LogP contribution is -2.11. The van der Waals surface area contributed by atoms with Gasteiger partial charge in [0.15, 0.2) is 4.96 Å². The molecule has 0 saturated heterocycles. The minimum Gasteiger partial charge on any atom is -0.466 e. The minimum atomic E-state index is -0.263. The molecule has 0 bridgehead atoms. The maximum absolute atomic E-state index is 12.2. The Morgan fingerprint density at radius 3 is 3.19 bits per heavy atom. The molecule has 0 unspecified atom stereocenters. The summed E-state index contributed by atoms with van der Waals surface area (Å²) in [5.74, 6) is -0.0213. The van der Waals surface area contributed by atoms with E-state index in [9.17, 15) is 4.79 Å². The maximum atomic E-state index is 12.2. The van der Waals surface area contributed by atoms with Gasteiger partial charge < -0.3 is 4.74 Å². The number of carbonyl (C=O) groups is 1. The maximum Gasteiger partial charge on any atom is 0.336 e. The molecule has 106 valence electrons. The molecule has 0 atom stereocenters. The van der Waals surface area contributed by atoms with Gasteiger partial charge in [0, 0.05) is 11.6 Å². The number of H-pyrrole nitrogens is 1. The summed E-state index contributed by atoms with van der Waals surface area (Å²) in [6.07, 6.45) is 1.94. The number of nitrogens with zero attached hydrogens (tertiary/aromatic N) is 4.